The van der Waals surface area contributed by atoms with Gasteiger partial charge in [-0.2, -0.15) is 5.26 Å². The van der Waals surface area contributed by atoms with E-state index in [-0.39, 0.29) is 11.5 Å². The Kier molecular flexibility index (Phi) is 7.16. The number of rotatable bonds is 6. The Morgan fingerprint density at radius 3 is 2.50 bits per heavy atom. The van der Waals surface area contributed by atoms with E-state index >= 15 is 0 Å². The van der Waals surface area contributed by atoms with Gasteiger partial charge in [0.05, 0.1) is 5.69 Å². The molecule has 0 radical (unpaired) electrons. The van der Waals surface area contributed by atoms with Gasteiger partial charge in [-0.25, -0.2) is 0 Å². The van der Waals surface area contributed by atoms with Gasteiger partial charge < -0.3 is 10.2 Å². The summed E-state index contributed by atoms with van der Waals surface area (Å²) in [4.78, 5) is 16.8. The van der Waals surface area contributed by atoms with E-state index in [4.69, 9.17) is 0 Å². The molecular formula is C23H25N3OS. The summed E-state index contributed by atoms with van der Waals surface area (Å²) in [6.45, 7) is 0. The van der Waals surface area contributed by atoms with Crippen LogP contribution in [-0.2, 0) is 4.79 Å². The quantitative estimate of drug-likeness (QED) is 0.526. The first kappa shape index (κ1) is 20.0. The maximum atomic E-state index is 12.7. The van der Waals surface area contributed by atoms with Crippen LogP contribution >= 0.6 is 11.8 Å². The molecule has 1 fully saturated rings. The van der Waals surface area contributed by atoms with E-state index in [2.05, 4.69) is 11.4 Å². The summed E-state index contributed by atoms with van der Waals surface area (Å²) in [7, 11) is 1.96. The number of para-hydroxylation sites is 1. The zero-order chi connectivity index (χ0) is 19.8. The van der Waals surface area contributed by atoms with Gasteiger partial charge in [0.1, 0.15) is 11.6 Å². The van der Waals surface area contributed by atoms with Crippen molar-refractivity contribution in [1.29, 1.82) is 5.26 Å². The zero-order valence-electron chi connectivity index (χ0n) is 16.1. The highest BCUT2D eigenvalue weighted by Gasteiger charge is 2.19. The number of nitrogens with zero attached hydrogens (tertiary/aromatic N) is 2. The topological polar surface area (TPSA) is 56.1 Å². The number of anilines is 1. The van der Waals surface area contributed by atoms with Gasteiger partial charge in [-0.1, -0.05) is 61.4 Å². The van der Waals surface area contributed by atoms with Crippen LogP contribution in [0.3, 0.4) is 0 Å². The molecule has 1 aliphatic carbocycles. The largest absolute Gasteiger partial charge is 0.376 e. The lowest BCUT2D eigenvalue weighted by Crippen LogP contribution is -2.30. The Bertz CT molecular complexity index is 867. The van der Waals surface area contributed by atoms with Crippen LogP contribution in [0, 0.1) is 11.3 Å². The number of carbonyl (C=O) groups is 1. The van der Waals surface area contributed by atoms with E-state index in [9.17, 15) is 10.1 Å². The molecule has 1 N–H and O–H groups in total. The lowest BCUT2D eigenvalue weighted by molar-refractivity contribution is -0.112. The third-order valence-corrected chi connectivity index (χ3v) is 6.04. The molecule has 0 atom stereocenters. The lowest BCUT2D eigenvalue weighted by Gasteiger charge is -2.30. The standard InChI is InChI=1S/C23H25N3OS/c1-26(19-10-4-2-5-11-19)17-18(16-24)23(27)25-21-14-8-9-15-22(21)28-20-12-6-3-7-13-20/h3,6-9,12-15,17,19H,2,4-5,10-11H2,1H3,(H,25,27)/b18-17-. The molecule has 144 valence electrons. The third-order valence-electron chi connectivity index (χ3n) is 4.95. The molecule has 0 aromatic heterocycles. The van der Waals surface area contributed by atoms with Crippen LogP contribution in [0.2, 0.25) is 0 Å². The van der Waals surface area contributed by atoms with Crippen LogP contribution in [0.1, 0.15) is 32.1 Å². The Hall–Kier alpha value is -2.71. The van der Waals surface area contributed by atoms with E-state index in [1.165, 1.54) is 19.3 Å². The molecule has 2 aromatic rings. The molecule has 0 spiro atoms. The average molecular weight is 392 g/mol. The highest BCUT2D eigenvalue weighted by Crippen LogP contribution is 2.33. The van der Waals surface area contributed by atoms with Gasteiger partial charge in [0.25, 0.3) is 5.91 Å². The monoisotopic (exact) mass is 391 g/mol. The molecule has 4 nitrogen and oxygen atoms in total. The third kappa shape index (κ3) is 5.40. The average Bonchev–Trinajstić information content (AvgIpc) is 2.74. The zero-order valence-corrected chi connectivity index (χ0v) is 16.9. The first-order valence-electron chi connectivity index (χ1n) is 9.64. The van der Waals surface area contributed by atoms with Gasteiger partial charge in [0.15, 0.2) is 0 Å². The van der Waals surface area contributed by atoms with Crippen molar-refractivity contribution in [2.75, 3.05) is 12.4 Å². The molecule has 0 bridgehead atoms. The van der Waals surface area contributed by atoms with Crippen LogP contribution < -0.4 is 5.32 Å². The van der Waals surface area contributed by atoms with Crippen LogP contribution in [0.4, 0.5) is 5.69 Å². The van der Waals surface area contributed by atoms with Gasteiger partial charge in [0, 0.05) is 29.1 Å². The molecule has 0 saturated heterocycles. The molecular weight excluding hydrogens is 366 g/mol. The van der Waals surface area contributed by atoms with Crippen molar-refractivity contribution in [1.82, 2.24) is 4.90 Å². The summed E-state index contributed by atoms with van der Waals surface area (Å²) in [5.41, 5.74) is 0.843. The Morgan fingerprint density at radius 1 is 1.11 bits per heavy atom. The van der Waals surface area contributed by atoms with Gasteiger partial charge >= 0.3 is 0 Å². The van der Waals surface area contributed by atoms with E-state index in [1.807, 2.05) is 66.5 Å². The van der Waals surface area contributed by atoms with Crippen molar-refractivity contribution in [3.8, 4) is 6.07 Å². The second-order valence-corrected chi connectivity index (χ2v) is 8.09. The minimum absolute atomic E-state index is 0.132. The summed E-state index contributed by atoms with van der Waals surface area (Å²) >= 11 is 1.58. The van der Waals surface area contributed by atoms with Crippen molar-refractivity contribution >= 4 is 23.4 Å². The fourth-order valence-corrected chi connectivity index (χ4v) is 4.32. The van der Waals surface area contributed by atoms with E-state index in [0.29, 0.717) is 11.7 Å². The number of hydrogen-bond acceptors (Lipinski definition) is 4. The van der Waals surface area contributed by atoms with Crippen LogP contribution in [0.15, 0.2) is 76.2 Å². The SMILES string of the molecule is CN(/C=C(/C#N)C(=O)Nc1ccccc1Sc1ccccc1)C1CCCCC1. The fourth-order valence-electron chi connectivity index (χ4n) is 3.40. The molecule has 3 rings (SSSR count). The molecule has 0 aliphatic heterocycles. The van der Waals surface area contributed by atoms with Crippen LogP contribution in [0.25, 0.3) is 0 Å². The maximum Gasteiger partial charge on any atom is 0.267 e. The molecule has 0 heterocycles. The Labute approximate surface area is 171 Å². The highest BCUT2D eigenvalue weighted by molar-refractivity contribution is 7.99. The predicted octanol–water partition coefficient (Wildman–Crippen LogP) is 5.45. The van der Waals surface area contributed by atoms with Crippen LogP contribution in [0.5, 0.6) is 0 Å². The molecule has 28 heavy (non-hydrogen) atoms. The minimum Gasteiger partial charge on any atom is -0.376 e. The smallest absolute Gasteiger partial charge is 0.267 e. The summed E-state index contributed by atoms with van der Waals surface area (Å²) in [6, 6.07) is 20.1. The van der Waals surface area contributed by atoms with Gasteiger partial charge in [-0.05, 0) is 37.1 Å². The number of amides is 1. The van der Waals surface area contributed by atoms with Crippen molar-refractivity contribution in [2.24, 2.45) is 0 Å². The normalized spacial score (nSPS) is 14.9. The second-order valence-electron chi connectivity index (χ2n) is 6.98. The van der Waals surface area contributed by atoms with Crippen molar-refractivity contribution in [3.05, 3.63) is 66.4 Å². The van der Waals surface area contributed by atoms with Crippen molar-refractivity contribution < 1.29 is 4.79 Å². The van der Waals surface area contributed by atoms with Gasteiger partial charge in [-0.15, -0.1) is 0 Å². The highest BCUT2D eigenvalue weighted by atomic mass is 32.2. The summed E-state index contributed by atoms with van der Waals surface area (Å²) in [5, 5.41) is 12.4. The number of hydrogen-bond donors (Lipinski definition) is 1. The number of nitrogens with one attached hydrogen (secondary N) is 1. The first-order valence-corrected chi connectivity index (χ1v) is 10.5. The van der Waals surface area contributed by atoms with E-state index < -0.39 is 0 Å². The predicted molar refractivity (Wildman–Crippen MR) is 114 cm³/mol. The molecule has 1 amide bonds. The van der Waals surface area contributed by atoms with Crippen molar-refractivity contribution in [2.45, 2.75) is 47.9 Å². The molecule has 2 aromatic carbocycles. The van der Waals surface area contributed by atoms with Gasteiger partial charge in [-0.3, -0.25) is 4.79 Å². The summed E-state index contributed by atoms with van der Waals surface area (Å²) in [6.07, 6.45) is 7.61. The lowest BCUT2D eigenvalue weighted by atomic mass is 9.94. The van der Waals surface area contributed by atoms with E-state index in [1.54, 1.807) is 18.0 Å². The van der Waals surface area contributed by atoms with E-state index in [0.717, 1.165) is 22.6 Å². The molecule has 1 saturated carbocycles. The fraction of sp³-hybridized carbons (Fsp3) is 0.304. The van der Waals surface area contributed by atoms with Gasteiger partial charge in [0.2, 0.25) is 0 Å². The number of nitriles is 1. The Balaban J connectivity index is 1.72. The van der Waals surface area contributed by atoms with Crippen LogP contribution in [-0.4, -0.2) is 23.9 Å². The first-order chi connectivity index (χ1) is 13.7. The molecule has 1 aliphatic rings. The number of benzene rings is 2. The maximum absolute atomic E-state index is 12.7. The summed E-state index contributed by atoms with van der Waals surface area (Å²) < 4.78 is 0. The van der Waals surface area contributed by atoms with Crippen molar-refractivity contribution in [3.63, 3.8) is 0 Å². The molecule has 5 heteroatoms. The molecule has 0 unspecified atom stereocenters. The Morgan fingerprint density at radius 2 is 1.79 bits per heavy atom. The second kappa shape index (κ2) is 10.0. The minimum atomic E-state index is -0.369. The number of carbonyl (C=O) groups excluding carboxylic acids is 1. The summed E-state index contributed by atoms with van der Waals surface area (Å²) in [5.74, 6) is -0.369.